The molecule has 6 heterocycles. The van der Waals surface area contributed by atoms with Gasteiger partial charge in [-0.1, -0.05) is 35.9 Å². The van der Waals surface area contributed by atoms with Crippen LogP contribution in [0.3, 0.4) is 0 Å². The molecule has 4 aromatic rings. The monoisotopic (exact) mass is 799 g/mol. The lowest BCUT2D eigenvalue weighted by Gasteiger charge is -2.32. The summed E-state index contributed by atoms with van der Waals surface area (Å²) in [5, 5.41) is 24.5. The van der Waals surface area contributed by atoms with Crippen LogP contribution in [-0.2, 0) is 22.7 Å². The molecule has 2 saturated heterocycles. The maximum Gasteiger partial charge on any atom is 0.255 e. The lowest BCUT2D eigenvalue weighted by molar-refractivity contribution is -0.136. The Morgan fingerprint density at radius 2 is 1.84 bits per heavy atom. The van der Waals surface area contributed by atoms with Gasteiger partial charge in [-0.25, -0.2) is 4.98 Å². The molecule has 8 rings (SSSR count). The molecular formula is C43H42ClN9O3S. The third kappa shape index (κ3) is 7.85. The van der Waals surface area contributed by atoms with Gasteiger partial charge in [0.1, 0.15) is 28.4 Å². The Morgan fingerprint density at radius 3 is 2.56 bits per heavy atom. The number of rotatable bonds is 7. The summed E-state index contributed by atoms with van der Waals surface area (Å²) < 4.78 is 0. The first-order valence-electron chi connectivity index (χ1n) is 19.1. The van der Waals surface area contributed by atoms with E-state index in [4.69, 9.17) is 27.4 Å². The van der Waals surface area contributed by atoms with Crippen LogP contribution < -0.4 is 15.5 Å². The Balaban J connectivity index is 0.874. The topological polar surface area (TPSA) is 158 Å². The number of piperidine rings is 2. The smallest absolute Gasteiger partial charge is 0.255 e. The maximum absolute atomic E-state index is 13.2. The summed E-state index contributed by atoms with van der Waals surface area (Å²) in [5.41, 5.74) is 7.73. The third-order valence-electron chi connectivity index (χ3n) is 11.1. The molecule has 4 aliphatic heterocycles. The highest BCUT2D eigenvalue weighted by Gasteiger charge is 2.40. The van der Waals surface area contributed by atoms with Crippen LogP contribution in [0, 0.1) is 35.5 Å². The largest absolute Gasteiger partial charge is 0.384 e. The molecule has 0 aliphatic carbocycles. The average molecular weight is 800 g/mol. The standard InChI is InChI=1S/C43H42ClN9O3S/c1-25-36(57-43-39(25)40(29-7-9-30(44)10-8-29)49-22-37(46)53(43)26(2)45)14-12-31-11-6-28(21-47-31)23-51-18-16-27(17-19-51)20-48-34-5-3-4-32-33(34)24-52(42(32)56)35-13-15-38(54)50-41(35)55/h3-11,21,27,35,45-46,48H,13,15-20,22-24H2,1-2H3,(H,50,54,55). The Morgan fingerprint density at radius 1 is 1.05 bits per heavy atom. The van der Waals surface area contributed by atoms with E-state index in [0.717, 1.165) is 88.1 Å². The number of imide groups is 1. The number of thiophene rings is 1. The second-order valence-corrected chi connectivity index (χ2v) is 16.3. The normalized spacial score (nSPS) is 18.6. The molecular weight excluding hydrogens is 758 g/mol. The molecule has 0 bridgehead atoms. The zero-order chi connectivity index (χ0) is 39.8. The fourth-order valence-electron chi connectivity index (χ4n) is 8.00. The van der Waals surface area contributed by atoms with Crippen LogP contribution in [0.4, 0.5) is 10.7 Å². The van der Waals surface area contributed by atoms with Crippen molar-refractivity contribution in [3.05, 3.63) is 110 Å². The van der Waals surface area contributed by atoms with Crippen LogP contribution in [0.15, 0.2) is 65.8 Å². The molecule has 2 fully saturated rings. The van der Waals surface area contributed by atoms with Crippen molar-refractivity contribution >= 4 is 68.7 Å². The van der Waals surface area contributed by atoms with E-state index in [-0.39, 0.29) is 36.5 Å². The predicted molar refractivity (Wildman–Crippen MR) is 224 cm³/mol. The van der Waals surface area contributed by atoms with E-state index in [1.165, 1.54) is 11.3 Å². The van der Waals surface area contributed by atoms with Crippen LogP contribution in [-0.4, -0.2) is 82.1 Å². The lowest BCUT2D eigenvalue weighted by atomic mass is 9.96. The zero-order valence-corrected chi connectivity index (χ0v) is 33.3. The molecule has 1 unspecified atom stereocenters. The van der Waals surface area contributed by atoms with Gasteiger partial charge in [0.2, 0.25) is 11.8 Å². The van der Waals surface area contributed by atoms with E-state index in [2.05, 4.69) is 38.4 Å². The van der Waals surface area contributed by atoms with Crippen molar-refractivity contribution in [3.8, 4) is 11.8 Å². The molecule has 290 valence electrons. The van der Waals surface area contributed by atoms with Crippen LogP contribution >= 0.6 is 22.9 Å². The van der Waals surface area contributed by atoms with Crippen molar-refractivity contribution in [1.29, 1.82) is 10.8 Å². The van der Waals surface area contributed by atoms with Gasteiger partial charge in [0.15, 0.2) is 0 Å². The molecule has 1 atom stereocenters. The minimum absolute atomic E-state index is 0.161. The van der Waals surface area contributed by atoms with Gasteiger partial charge in [-0.3, -0.25) is 45.3 Å². The summed E-state index contributed by atoms with van der Waals surface area (Å²) in [4.78, 5) is 53.4. The second-order valence-electron chi connectivity index (χ2n) is 14.9. The highest BCUT2D eigenvalue weighted by atomic mass is 35.5. The molecule has 14 heteroatoms. The fourth-order valence-corrected chi connectivity index (χ4v) is 9.37. The number of carbonyl (C=O) groups excluding carboxylic acids is 3. The maximum atomic E-state index is 13.2. The summed E-state index contributed by atoms with van der Waals surface area (Å²) in [7, 11) is 0. The number of pyridine rings is 1. The van der Waals surface area contributed by atoms with Crippen molar-refractivity contribution in [2.24, 2.45) is 10.9 Å². The van der Waals surface area contributed by atoms with E-state index < -0.39 is 11.9 Å². The Kier molecular flexibility index (Phi) is 10.8. The van der Waals surface area contributed by atoms with Crippen LogP contribution in [0.5, 0.6) is 0 Å². The zero-order valence-electron chi connectivity index (χ0n) is 31.7. The van der Waals surface area contributed by atoms with Crippen molar-refractivity contribution in [2.75, 3.05) is 36.4 Å². The number of benzene rings is 2. The van der Waals surface area contributed by atoms with Gasteiger partial charge in [0.25, 0.3) is 5.91 Å². The molecule has 0 radical (unpaired) electrons. The first-order chi connectivity index (χ1) is 27.5. The van der Waals surface area contributed by atoms with E-state index in [0.29, 0.717) is 35.2 Å². The first kappa shape index (κ1) is 38.2. The molecule has 3 amide bonds. The number of nitrogens with zero attached hydrogens (tertiary/aromatic N) is 5. The number of nitrogens with one attached hydrogen (secondary N) is 4. The Labute approximate surface area is 340 Å². The van der Waals surface area contributed by atoms with Crippen molar-refractivity contribution in [3.63, 3.8) is 0 Å². The van der Waals surface area contributed by atoms with Gasteiger partial charge in [0.05, 0.1) is 17.1 Å². The number of aromatic nitrogens is 1. The minimum Gasteiger partial charge on any atom is -0.384 e. The summed E-state index contributed by atoms with van der Waals surface area (Å²) in [6, 6.07) is 16.6. The van der Waals surface area contributed by atoms with Gasteiger partial charge < -0.3 is 10.2 Å². The van der Waals surface area contributed by atoms with Gasteiger partial charge >= 0.3 is 0 Å². The molecule has 57 heavy (non-hydrogen) atoms. The molecule has 4 aliphatic rings. The molecule has 0 spiro atoms. The highest BCUT2D eigenvalue weighted by molar-refractivity contribution is 7.17. The van der Waals surface area contributed by atoms with Crippen LogP contribution in [0.1, 0.15) is 81.4 Å². The number of amides is 3. The number of carbonyl (C=O) groups is 3. The second kappa shape index (κ2) is 16.1. The van der Waals surface area contributed by atoms with E-state index >= 15 is 0 Å². The number of anilines is 2. The SMILES string of the molecule is CC(=N)N1C(=N)CN=C(c2ccc(Cl)cc2)c2c1sc(C#Cc1ccc(CN3CCC(CNc4cccc5c4CN(C4CCC(=O)NC4=O)C5=O)CC3)cn1)c2C. The van der Waals surface area contributed by atoms with Crippen LogP contribution in [0.2, 0.25) is 5.02 Å². The molecule has 12 nitrogen and oxygen atoms in total. The molecule has 2 aromatic carbocycles. The van der Waals surface area contributed by atoms with Crippen molar-refractivity contribution < 1.29 is 14.4 Å². The molecule has 2 aromatic heterocycles. The molecule has 0 saturated carbocycles. The van der Waals surface area contributed by atoms with E-state index in [9.17, 15) is 14.4 Å². The van der Waals surface area contributed by atoms with Crippen LogP contribution in [0.25, 0.3) is 0 Å². The van der Waals surface area contributed by atoms with Crippen molar-refractivity contribution in [1.82, 2.24) is 20.1 Å². The summed E-state index contributed by atoms with van der Waals surface area (Å²) >= 11 is 7.64. The van der Waals surface area contributed by atoms with Gasteiger partial charge in [-0.15, -0.1) is 11.3 Å². The summed E-state index contributed by atoms with van der Waals surface area (Å²) in [6.07, 6.45) is 4.57. The minimum atomic E-state index is -0.626. The van der Waals surface area contributed by atoms with Crippen molar-refractivity contribution in [2.45, 2.75) is 58.7 Å². The molecule has 4 N–H and O–H groups in total. The quantitative estimate of drug-likeness (QED) is 0.0748. The van der Waals surface area contributed by atoms with Gasteiger partial charge in [-0.2, -0.15) is 0 Å². The number of halogens is 1. The Hall–Kier alpha value is -5.68. The van der Waals surface area contributed by atoms with Gasteiger partial charge in [-0.05, 0) is 105 Å². The average Bonchev–Trinajstić information content (AvgIpc) is 3.65. The highest BCUT2D eigenvalue weighted by Crippen LogP contribution is 2.39. The summed E-state index contributed by atoms with van der Waals surface area (Å²) in [5.74, 6) is 6.70. The lowest BCUT2D eigenvalue weighted by Crippen LogP contribution is -2.52. The predicted octanol–water partition coefficient (Wildman–Crippen LogP) is 6.22. The number of hydrogen-bond acceptors (Lipinski definition) is 10. The number of fused-ring (bicyclic) bond motifs is 2. The number of amidine groups is 2. The third-order valence-corrected chi connectivity index (χ3v) is 12.5. The summed E-state index contributed by atoms with van der Waals surface area (Å²) in [6.45, 7) is 7.76. The number of likely N-dealkylation sites (tertiary alicyclic amines) is 1. The first-order valence-corrected chi connectivity index (χ1v) is 20.3. The number of aliphatic imine (C=N–C) groups is 1. The van der Waals surface area contributed by atoms with Gasteiger partial charge in [0, 0.05) is 65.2 Å². The fraction of sp³-hybridized carbons (Fsp3) is 0.326. The van der Waals surface area contributed by atoms with E-state index in [1.807, 2.05) is 61.7 Å². The Bertz CT molecular complexity index is 2390. The number of hydrogen-bond donors (Lipinski definition) is 4. The van der Waals surface area contributed by atoms with E-state index in [1.54, 1.807) is 16.7 Å².